The van der Waals surface area contributed by atoms with Crippen LogP contribution in [0.25, 0.3) is 5.69 Å². The predicted molar refractivity (Wildman–Crippen MR) is 188 cm³/mol. The van der Waals surface area contributed by atoms with Gasteiger partial charge in [0, 0.05) is 35.9 Å². The third-order valence-corrected chi connectivity index (χ3v) is 8.47. The molecule has 0 radical (unpaired) electrons. The molecule has 3 aromatic carbocycles. The van der Waals surface area contributed by atoms with Gasteiger partial charge in [-0.1, -0.05) is 62.2 Å². The number of phenolic OH excluding ortho intramolecular Hbond substituents is 1. The highest BCUT2D eigenvalue weighted by molar-refractivity contribution is 6.32. The lowest BCUT2D eigenvalue weighted by molar-refractivity contribution is 0.251. The van der Waals surface area contributed by atoms with Gasteiger partial charge in [0.25, 0.3) is 5.56 Å². The first-order chi connectivity index (χ1) is 23.2. The molecule has 0 aliphatic heterocycles. The molecule has 0 bridgehead atoms. The Labute approximate surface area is 293 Å². The van der Waals surface area contributed by atoms with Gasteiger partial charge in [-0.3, -0.25) is 10.1 Å². The van der Waals surface area contributed by atoms with Crippen LogP contribution in [-0.2, 0) is 25.1 Å². The Morgan fingerprint density at radius 3 is 2.41 bits per heavy atom. The number of methoxy groups -OCH3 is 1. The average Bonchev–Trinajstić information content (AvgIpc) is 3.49. The number of pyridine rings is 1. The number of anilines is 1. The number of rotatable bonds is 10. The van der Waals surface area contributed by atoms with E-state index in [1.165, 1.54) is 28.9 Å². The zero-order chi connectivity index (χ0) is 35.5. The molecule has 2 amide bonds. The number of nitrogens with zero attached hydrogens (tertiary/aromatic N) is 3. The van der Waals surface area contributed by atoms with Crippen molar-refractivity contribution in [3.05, 3.63) is 127 Å². The Morgan fingerprint density at radius 2 is 1.73 bits per heavy atom. The molecule has 0 saturated carbocycles. The summed E-state index contributed by atoms with van der Waals surface area (Å²) in [7, 11) is 1.59. The number of hydrogen-bond donors (Lipinski definition) is 3. The fourth-order valence-electron chi connectivity index (χ4n) is 4.99. The van der Waals surface area contributed by atoms with E-state index in [4.69, 9.17) is 32.7 Å². The van der Waals surface area contributed by atoms with Crippen LogP contribution in [0, 0.1) is 12.7 Å². The minimum atomic E-state index is -0.574. The molecule has 0 spiro atoms. The van der Waals surface area contributed by atoms with E-state index in [0.29, 0.717) is 46.3 Å². The number of benzene rings is 3. The molecule has 2 heterocycles. The van der Waals surface area contributed by atoms with Gasteiger partial charge in [0.2, 0.25) is 0 Å². The summed E-state index contributed by atoms with van der Waals surface area (Å²) in [5, 5.41) is 20.4. The van der Waals surface area contributed by atoms with Crippen molar-refractivity contribution in [2.45, 2.75) is 52.8 Å². The fourth-order valence-corrected chi connectivity index (χ4v) is 5.32. The number of carbonyl (C=O) groups is 1. The molecule has 10 nitrogen and oxygen atoms in total. The number of ether oxygens (including phenoxy) is 2. The molecule has 0 saturated heterocycles. The fraction of sp³-hybridized carbons (Fsp3) is 0.250. The standard InChI is InChI=1S/C36H36Cl2FN5O5/c1-21-14-30(33(38)34(46)43(21)19-22-6-11-27(48-5)12-7-22)49-20-23-8-9-25(39)15-24(23)18-40-35(47)41-32-17-31(36(2,3)4)42-44(32)26-10-13-28(37)29(45)16-26/h6-17,45H,18-20H2,1-5H3,(H2,40,41,47). The lowest BCUT2D eigenvalue weighted by atomic mass is 9.92. The van der Waals surface area contributed by atoms with Gasteiger partial charge >= 0.3 is 6.03 Å². The SMILES string of the molecule is COc1ccc(Cn2c(C)cc(OCc3ccc(F)cc3CNC(=O)Nc3cc(C(C)(C)C)nn3-c3ccc(Cl)c(O)c3)c(Cl)c2=O)cc1. The molecule has 0 aliphatic rings. The Balaban J connectivity index is 1.29. The molecule has 256 valence electrons. The summed E-state index contributed by atoms with van der Waals surface area (Å²) in [5.74, 6) is 0.621. The van der Waals surface area contributed by atoms with Crippen LogP contribution in [-0.4, -0.2) is 32.6 Å². The summed E-state index contributed by atoms with van der Waals surface area (Å²) in [6.45, 7) is 7.97. The van der Waals surface area contributed by atoms with Crippen LogP contribution < -0.4 is 25.7 Å². The summed E-state index contributed by atoms with van der Waals surface area (Å²) < 4.78 is 28.6. The number of aromatic nitrogens is 3. The predicted octanol–water partition coefficient (Wildman–Crippen LogP) is 7.75. The van der Waals surface area contributed by atoms with Gasteiger partial charge in [-0.2, -0.15) is 5.10 Å². The molecule has 0 atom stereocenters. The number of carbonyl (C=O) groups excluding carboxylic acids is 1. The third kappa shape index (κ3) is 8.36. The second-order valence-corrected chi connectivity index (χ2v) is 13.2. The summed E-state index contributed by atoms with van der Waals surface area (Å²) in [5.41, 5.74) is 3.01. The normalized spacial score (nSPS) is 11.3. The summed E-state index contributed by atoms with van der Waals surface area (Å²) >= 11 is 12.5. The smallest absolute Gasteiger partial charge is 0.320 e. The van der Waals surface area contributed by atoms with Crippen LogP contribution >= 0.6 is 23.2 Å². The van der Waals surface area contributed by atoms with E-state index in [1.54, 1.807) is 42.9 Å². The van der Waals surface area contributed by atoms with E-state index in [9.17, 15) is 19.1 Å². The molecule has 5 aromatic rings. The molecular formula is C36H36Cl2FN5O5. The number of halogens is 3. The van der Waals surface area contributed by atoms with Crippen LogP contribution in [0.4, 0.5) is 15.0 Å². The zero-order valence-electron chi connectivity index (χ0n) is 27.6. The number of aryl methyl sites for hydroxylation is 1. The summed E-state index contributed by atoms with van der Waals surface area (Å²) in [6, 6.07) is 19.0. The molecule has 0 fully saturated rings. The Hall–Kier alpha value is -5.00. The molecule has 0 unspecified atom stereocenters. The highest BCUT2D eigenvalue weighted by atomic mass is 35.5. The van der Waals surface area contributed by atoms with Crippen LogP contribution in [0.15, 0.2) is 77.6 Å². The third-order valence-electron chi connectivity index (χ3n) is 7.80. The Bertz CT molecular complexity index is 2060. The lowest BCUT2D eigenvalue weighted by Crippen LogP contribution is -2.29. The Morgan fingerprint density at radius 1 is 1.00 bits per heavy atom. The van der Waals surface area contributed by atoms with Crippen molar-refractivity contribution in [1.82, 2.24) is 19.7 Å². The van der Waals surface area contributed by atoms with Crippen molar-refractivity contribution in [2.75, 3.05) is 12.4 Å². The maximum absolute atomic E-state index is 14.4. The zero-order valence-corrected chi connectivity index (χ0v) is 29.1. The average molecular weight is 709 g/mol. The van der Waals surface area contributed by atoms with Crippen molar-refractivity contribution in [1.29, 1.82) is 0 Å². The van der Waals surface area contributed by atoms with Crippen LogP contribution in [0.5, 0.6) is 17.2 Å². The molecule has 3 N–H and O–H groups in total. The first-order valence-corrected chi connectivity index (χ1v) is 16.1. The largest absolute Gasteiger partial charge is 0.506 e. The first-order valence-electron chi connectivity index (χ1n) is 15.3. The minimum Gasteiger partial charge on any atom is -0.506 e. The molecule has 13 heteroatoms. The first kappa shape index (κ1) is 35.3. The van der Waals surface area contributed by atoms with Gasteiger partial charge in [-0.05, 0) is 60.0 Å². The number of urea groups is 1. The van der Waals surface area contributed by atoms with Gasteiger partial charge in [0.15, 0.2) is 0 Å². The van der Waals surface area contributed by atoms with E-state index < -0.39 is 17.4 Å². The quantitative estimate of drug-likeness (QED) is 0.137. The molecule has 2 aromatic heterocycles. The topological polar surface area (TPSA) is 120 Å². The van der Waals surface area contributed by atoms with Gasteiger partial charge < -0.3 is 24.5 Å². The highest BCUT2D eigenvalue weighted by Crippen LogP contribution is 2.30. The summed E-state index contributed by atoms with van der Waals surface area (Å²) in [6.07, 6.45) is 0. The Kier molecular flexibility index (Phi) is 10.5. The van der Waals surface area contributed by atoms with E-state index in [2.05, 4.69) is 15.7 Å². The number of aromatic hydroxyl groups is 1. The molecule has 5 rings (SSSR count). The number of nitrogens with one attached hydrogen (secondary N) is 2. The molecular weight excluding hydrogens is 672 g/mol. The van der Waals surface area contributed by atoms with Crippen molar-refractivity contribution in [2.24, 2.45) is 0 Å². The van der Waals surface area contributed by atoms with Crippen molar-refractivity contribution < 1.29 is 23.8 Å². The monoisotopic (exact) mass is 707 g/mol. The van der Waals surface area contributed by atoms with Crippen LogP contribution in [0.1, 0.15) is 48.8 Å². The maximum atomic E-state index is 14.4. The van der Waals surface area contributed by atoms with E-state index >= 15 is 0 Å². The second-order valence-electron chi connectivity index (χ2n) is 12.4. The van der Waals surface area contributed by atoms with Crippen molar-refractivity contribution in [3.8, 4) is 22.9 Å². The van der Waals surface area contributed by atoms with E-state index in [1.807, 2.05) is 45.0 Å². The van der Waals surface area contributed by atoms with Gasteiger partial charge in [-0.15, -0.1) is 0 Å². The van der Waals surface area contributed by atoms with Crippen LogP contribution in [0.2, 0.25) is 10.0 Å². The number of amides is 2. The van der Waals surface area contributed by atoms with Crippen molar-refractivity contribution in [3.63, 3.8) is 0 Å². The maximum Gasteiger partial charge on any atom is 0.320 e. The van der Waals surface area contributed by atoms with E-state index in [0.717, 1.165) is 5.56 Å². The number of hydrogen-bond acceptors (Lipinski definition) is 6. The second kappa shape index (κ2) is 14.6. The number of phenols is 1. The van der Waals surface area contributed by atoms with E-state index in [-0.39, 0.29) is 40.1 Å². The van der Waals surface area contributed by atoms with Crippen LogP contribution in [0.3, 0.4) is 0 Å². The van der Waals surface area contributed by atoms with Crippen molar-refractivity contribution >= 4 is 35.1 Å². The molecule has 0 aliphatic carbocycles. The van der Waals surface area contributed by atoms with Gasteiger partial charge in [0.05, 0.1) is 30.1 Å². The van der Waals surface area contributed by atoms with Gasteiger partial charge in [0.1, 0.15) is 40.5 Å². The minimum absolute atomic E-state index is 0.0399. The van der Waals surface area contributed by atoms with Gasteiger partial charge in [-0.25, -0.2) is 13.9 Å². The molecule has 49 heavy (non-hydrogen) atoms. The highest BCUT2D eigenvalue weighted by Gasteiger charge is 2.22. The lowest BCUT2D eigenvalue weighted by Gasteiger charge is -2.16. The summed E-state index contributed by atoms with van der Waals surface area (Å²) in [4.78, 5) is 26.3.